The Kier molecular flexibility index (Phi) is 16.0. The van der Waals surface area contributed by atoms with Gasteiger partial charge in [-0.15, -0.1) is 10.2 Å². The summed E-state index contributed by atoms with van der Waals surface area (Å²) in [6.45, 7) is 5.06. The molecule has 0 aliphatic carbocycles. The fourth-order valence-corrected chi connectivity index (χ4v) is 4.61. The number of carbonyl (C=O) groups is 2. The number of rotatable bonds is 26. The van der Waals surface area contributed by atoms with Crippen LogP contribution in [0.3, 0.4) is 0 Å². The fourth-order valence-electron chi connectivity index (χ4n) is 4.61. The molecule has 0 atom stereocenters. The Morgan fingerprint density at radius 2 is 1.00 bits per heavy atom. The van der Waals surface area contributed by atoms with Crippen LogP contribution >= 0.6 is 0 Å². The Balaban J connectivity index is 0.951. The lowest BCUT2D eigenvalue weighted by molar-refractivity contribution is 0.0110. The molecule has 0 spiro atoms. The minimum atomic E-state index is 0.474. The summed E-state index contributed by atoms with van der Waals surface area (Å²) in [4.78, 5) is 21.9. The molecule has 2 aromatic heterocycles. The van der Waals surface area contributed by atoms with Gasteiger partial charge in [0.2, 0.25) is 0 Å². The number of aldehydes is 2. The normalized spacial score (nSPS) is 11.0. The molecule has 0 saturated heterocycles. The van der Waals surface area contributed by atoms with E-state index in [9.17, 15) is 9.59 Å². The number of benzene rings is 2. The van der Waals surface area contributed by atoms with Crippen molar-refractivity contribution in [3.8, 4) is 23.0 Å². The van der Waals surface area contributed by atoms with E-state index in [4.69, 9.17) is 33.2 Å². The molecule has 0 amide bonds. The lowest BCUT2D eigenvalue weighted by Crippen LogP contribution is -2.14. The molecule has 0 radical (unpaired) electrons. The van der Waals surface area contributed by atoms with E-state index in [0.717, 1.165) is 49.6 Å². The van der Waals surface area contributed by atoms with E-state index >= 15 is 0 Å². The molecule has 15 heteroatoms. The summed E-state index contributed by atoms with van der Waals surface area (Å²) in [5, 5.41) is 16.7. The molecule has 15 nitrogen and oxygen atoms in total. The van der Waals surface area contributed by atoms with Gasteiger partial charge in [-0.05, 0) is 62.1 Å². The smallest absolute Gasteiger partial charge is 0.161 e. The number of aryl methyl sites for hydroxylation is 2. The maximum Gasteiger partial charge on any atom is 0.161 e. The standard InChI is InChI=1S/C34H44N6O9/c1-43-33-21-27(25-41)7-9-31(33)48-13-3-5-29-23-39(37-35-29)11-15-45-17-19-47-20-18-46-16-12-40-24-30(36-38-40)6-4-14-49-32-10-8-28(26-42)22-34(32)44-2/h7-10,21-26H,3-6,11-20H2,1-2H3. The number of hydrogen-bond acceptors (Lipinski definition) is 13. The highest BCUT2D eigenvalue weighted by Gasteiger charge is 2.08. The average molecular weight is 681 g/mol. The molecule has 0 bridgehead atoms. The van der Waals surface area contributed by atoms with Crippen molar-refractivity contribution < 1.29 is 42.7 Å². The Bertz CT molecular complexity index is 1450. The minimum Gasteiger partial charge on any atom is -0.493 e. The predicted octanol–water partition coefficient (Wildman–Crippen LogP) is 3.29. The van der Waals surface area contributed by atoms with Gasteiger partial charge in [0.05, 0.1) is 91.6 Å². The number of nitrogens with zero attached hydrogens (tertiary/aromatic N) is 6. The van der Waals surface area contributed by atoms with Gasteiger partial charge in [-0.25, -0.2) is 9.36 Å². The van der Waals surface area contributed by atoms with E-state index < -0.39 is 0 Å². The Morgan fingerprint density at radius 3 is 1.41 bits per heavy atom. The predicted molar refractivity (Wildman–Crippen MR) is 177 cm³/mol. The highest BCUT2D eigenvalue weighted by Crippen LogP contribution is 2.28. The number of hydrogen-bond donors (Lipinski definition) is 0. The SMILES string of the molecule is COc1cc(C=O)ccc1OCCCc1cn(CCOCCOCCOCCn2cc(CCCOc3ccc(C=O)cc3OC)nn2)nn1. The van der Waals surface area contributed by atoms with Crippen molar-refractivity contribution in [2.75, 3.05) is 67.1 Å². The van der Waals surface area contributed by atoms with E-state index in [0.29, 0.717) is 100 Å². The van der Waals surface area contributed by atoms with E-state index in [-0.39, 0.29) is 0 Å². The second-order valence-electron chi connectivity index (χ2n) is 10.7. The van der Waals surface area contributed by atoms with Crippen molar-refractivity contribution >= 4 is 12.6 Å². The zero-order valence-corrected chi connectivity index (χ0v) is 28.0. The number of aromatic nitrogens is 6. The van der Waals surface area contributed by atoms with Crippen molar-refractivity contribution in [1.82, 2.24) is 30.0 Å². The third-order valence-electron chi connectivity index (χ3n) is 7.16. The summed E-state index contributed by atoms with van der Waals surface area (Å²) in [6.07, 6.45) is 8.31. The van der Waals surface area contributed by atoms with Crippen LogP contribution in [0.2, 0.25) is 0 Å². The first-order chi connectivity index (χ1) is 24.1. The van der Waals surface area contributed by atoms with Crippen LogP contribution in [0.4, 0.5) is 0 Å². The van der Waals surface area contributed by atoms with E-state index in [1.807, 2.05) is 12.4 Å². The summed E-state index contributed by atoms with van der Waals surface area (Å²) < 4.78 is 42.6. The molecule has 0 fully saturated rings. The molecule has 2 aromatic carbocycles. The lowest BCUT2D eigenvalue weighted by atomic mass is 10.2. The van der Waals surface area contributed by atoms with Gasteiger partial charge in [0, 0.05) is 23.5 Å². The largest absolute Gasteiger partial charge is 0.493 e. The molecule has 4 aromatic rings. The first-order valence-corrected chi connectivity index (χ1v) is 16.1. The molecule has 0 aliphatic rings. The third kappa shape index (κ3) is 12.9. The number of ether oxygens (including phenoxy) is 7. The topological polar surface area (TPSA) is 160 Å². The zero-order chi connectivity index (χ0) is 34.5. The molecule has 0 N–H and O–H groups in total. The molecule has 0 aliphatic heterocycles. The van der Waals surface area contributed by atoms with Crippen LogP contribution in [0.25, 0.3) is 0 Å². The van der Waals surface area contributed by atoms with Crippen LogP contribution in [-0.4, -0.2) is 110 Å². The Labute approximate surface area is 285 Å². The third-order valence-corrected chi connectivity index (χ3v) is 7.16. The van der Waals surface area contributed by atoms with Crippen LogP contribution in [-0.2, 0) is 40.1 Å². The van der Waals surface area contributed by atoms with E-state index in [2.05, 4.69) is 20.6 Å². The number of methoxy groups -OCH3 is 2. The average Bonchev–Trinajstić information content (AvgIpc) is 3.80. The van der Waals surface area contributed by atoms with Gasteiger partial charge in [-0.2, -0.15) is 0 Å². The molecular weight excluding hydrogens is 636 g/mol. The summed E-state index contributed by atoms with van der Waals surface area (Å²) in [7, 11) is 3.09. The van der Waals surface area contributed by atoms with Crippen molar-refractivity contribution in [1.29, 1.82) is 0 Å². The van der Waals surface area contributed by atoms with Crippen LogP contribution in [0.15, 0.2) is 48.8 Å². The van der Waals surface area contributed by atoms with E-state index in [1.165, 1.54) is 0 Å². The highest BCUT2D eigenvalue weighted by atomic mass is 16.5. The highest BCUT2D eigenvalue weighted by molar-refractivity contribution is 5.77. The van der Waals surface area contributed by atoms with Crippen molar-refractivity contribution in [3.05, 3.63) is 71.3 Å². The van der Waals surface area contributed by atoms with Gasteiger partial charge in [-0.1, -0.05) is 10.4 Å². The molecule has 4 rings (SSSR count). The summed E-state index contributed by atoms with van der Waals surface area (Å²) in [6, 6.07) is 10.2. The lowest BCUT2D eigenvalue weighted by Gasteiger charge is -2.10. The van der Waals surface area contributed by atoms with Crippen molar-refractivity contribution in [2.24, 2.45) is 0 Å². The van der Waals surface area contributed by atoms with Crippen molar-refractivity contribution in [3.63, 3.8) is 0 Å². The van der Waals surface area contributed by atoms with Gasteiger partial charge < -0.3 is 33.2 Å². The van der Waals surface area contributed by atoms with Gasteiger partial charge in [0.1, 0.15) is 12.6 Å². The maximum atomic E-state index is 10.9. The van der Waals surface area contributed by atoms with Crippen LogP contribution in [0.5, 0.6) is 23.0 Å². The number of carbonyl (C=O) groups excluding carboxylic acids is 2. The summed E-state index contributed by atoms with van der Waals surface area (Å²) in [5.74, 6) is 2.26. The summed E-state index contributed by atoms with van der Waals surface area (Å²) >= 11 is 0. The van der Waals surface area contributed by atoms with Crippen LogP contribution < -0.4 is 18.9 Å². The molecule has 0 unspecified atom stereocenters. The van der Waals surface area contributed by atoms with Crippen molar-refractivity contribution in [2.45, 2.75) is 38.8 Å². The minimum absolute atomic E-state index is 0.474. The second-order valence-corrected chi connectivity index (χ2v) is 10.7. The van der Waals surface area contributed by atoms with Gasteiger partial charge in [-0.3, -0.25) is 9.59 Å². The maximum absolute atomic E-state index is 10.9. The second kappa shape index (κ2) is 21.2. The van der Waals surface area contributed by atoms with Crippen LogP contribution in [0, 0.1) is 0 Å². The first kappa shape index (κ1) is 37.0. The quantitative estimate of drug-likeness (QED) is 0.0703. The fraction of sp³-hybridized carbons (Fsp3) is 0.471. The van der Waals surface area contributed by atoms with Gasteiger partial charge in [0.15, 0.2) is 23.0 Å². The molecule has 2 heterocycles. The van der Waals surface area contributed by atoms with Gasteiger partial charge in [0.25, 0.3) is 0 Å². The molecule has 49 heavy (non-hydrogen) atoms. The molecule has 0 saturated carbocycles. The molecule has 264 valence electrons. The Hall–Kier alpha value is -4.86. The molecular formula is C34H44N6O9. The van der Waals surface area contributed by atoms with Gasteiger partial charge >= 0.3 is 0 Å². The monoisotopic (exact) mass is 680 g/mol. The first-order valence-electron chi connectivity index (χ1n) is 16.1. The summed E-state index contributed by atoms with van der Waals surface area (Å²) in [5.41, 5.74) is 2.83. The van der Waals surface area contributed by atoms with E-state index in [1.54, 1.807) is 60.0 Å². The van der Waals surface area contributed by atoms with Crippen LogP contribution in [0.1, 0.15) is 44.9 Å². The Morgan fingerprint density at radius 1 is 0.571 bits per heavy atom. The zero-order valence-electron chi connectivity index (χ0n) is 28.0.